The maximum absolute atomic E-state index is 13.6. The highest BCUT2D eigenvalue weighted by atomic mass is 19.1. The van der Waals surface area contributed by atoms with Gasteiger partial charge in [0.15, 0.2) is 0 Å². The first kappa shape index (κ1) is 20.4. The zero-order valence-corrected chi connectivity index (χ0v) is 17.7. The predicted molar refractivity (Wildman–Crippen MR) is 117 cm³/mol. The number of carbonyl (C=O) groups excluding carboxylic acids is 1. The number of rotatable bonds is 8. The SMILES string of the molecule is CC(C)CN(Cc1cccn1Cc1cccc(F)c1)C(=O)[C@@H]1C[C@H]1c1ccccc1. The van der Waals surface area contributed by atoms with E-state index in [4.69, 9.17) is 0 Å². The van der Waals surface area contributed by atoms with E-state index in [1.54, 1.807) is 12.1 Å². The summed E-state index contributed by atoms with van der Waals surface area (Å²) in [4.78, 5) is 15.3. The highest BCUT2D eigenvalue weighted by molar-refractivity contribution is 5.83. The van der Waals surface area contributed by atoms with Crippen LogP contribution < -0.4 is 0 Å². The Hall–Kier alpha value is -2.88. The summed E-state index contributed by atoms with van der Waals surface area (Å²) in [7, 11) is 0. The summed E-state index contributed by atoms with van der Waals surface area (Å²) in [5.74, 6) is 0.842. The van der Waals surface area contributed by atoms with Crippen LogP contribution in [0.1, 0.15) is 43.0 Å². The lowest BCUT2D eigenvalue weighted by molar-refractivity contribution is -0.134. The van der Waals surface area contributed by atoms with Crippen LogP contribution in [-0.4, -0.2) is 21.9 Å². The molecule has 30 heavy (non-hydrogen) atoms. The van der Waals surface area contributed by atoms with Crippen LogP contribution in [0.4, 0.5) is 4.39 Å². The van der Waals surface area contributed by atoms with Gasteiger partial charge < -0.3 is 9.47 Å². The maximum Gasteiger partial charge on any atom is 0.226 e. The molecule has 1 heterocycles. The minimum atomic E-state index is -0.224. The summed E-state index contributed by atoms with van der Waals surface area (Å²) in [5.41, 5.74) is 3.25. The molecule has 3 nitrogen and oxygen atoms in total. The number of nitrogens with zero attached hydrogens (tertiary/aromatic N) is 2. The molecule has 1 saturated carbocycles. The first-order valence-electron chi connectivity index (χ1n) is 10.7. The van der Waals surface area contributed by atoms with Gasteiger partial charge >= 0.3 is 0 Å². The van der Waals surface area contributed by atoms with Crippen molar-refractivity contribution in [1.82, 2.24) is 9.47 Å². The lowest BCUT2D eigenvalue weighted by Gasteiger charge is -2.26. The van der Waals surface area contributed by atoms with E-state index in [2.05, 4.69) is 36.6 Å². The van der Waals surface area contributed by atoms with E-state index in [0.717, 1.165) is 24.2 Å². The van der Waals surface area contributed by atoms with Crippen LogP contribution in [0.15, 0.2) is 72.9 Å². The van der Waals surface area contributed by atoms with Gasteiger partial charge in [-0.05, 0) is 53.6 Å². The average Bonchev–Trinajstić information content (AvgIpc) is 3.42. The third-order valence-electron chi connectivity index (χ3n) is 5.75. The van der Waals surface area contributed by atoms with Gasteiger partial charge in [-0.25, -0.2) is 4.39 Å². The molecule has 2 aromatic carbocycles. The molecule has 3 aromatic rings. The maximum atomic E-state index is 13.6. The molecule has 0 N–H and O–H groups in total. The second kappa shape index (κ2) is 8.86. The summed E-state index contributed by atoms with van der Waals surface area (Å²) in [6.07, 6.45) is 2.93. The standard InChI is InChI=1S/C26H29FN2O/c1-19(2)16-29(26(30)25-15-24(25)21-9-4-3-5-10-21)18-23-12-7-13-28(23)17-20-8-6-11-22(27)14-20/h3-14,19,24-25H,15-18H2,1-2H3/t24-,25+/m0/s1. The Bertz CT molecular complexity index is 995. The Morgan fingerprint density at radius 3 is 2.63 bits per heavy atom. The molecule has 0 aliphatic heterocycles. The van der Waals surface area contributed by atoms with Gasteiger partial charge in [-0.2, -0.15) is 0 Å². The number of amides is 1. The van der Waals surface area contributed by atoms with Crippen molar-refractivity contribution in [3.63, 3.8) is 0 Å². The zero-order chi connectivity index (χ0) is 21.1. The molecule has 4 heteroatoms. The molecule has 0 spiro atoms. The number of carbonyl (C=O) groups is 1. The van der Waals surface area contributed by atoms with E-state index >= 15 is 0 Å². The molecule has 156 valence electrons. The molecule has 2 atom stereocenters. The number of hydrogen-bond acceptors (Lipinski definition) is 1. The summed E-state index contributed by atoms with van der Waals surface area (Å²) < 4.78 is 15.7. The largest absolute Gasteiger partial charge is 0.345 e. The fraction of sp³-hybridized carbons (Fsp3) is 0.346. The highest BCUT2D eigenvalue weighted by Crippen LogP contribution is 2.48. The van der Waals surface area contributed by atoms with Crippen molar-refractivity contribution in [2.24, 2.45) is 11.8 Å². The van der Waals surface area contributed by atoms with Gasteiger partial charge in [0.05, 0.1) is 6.54 Å². The zero-order valence-electron chi connectivity index (χ0n) is 17.7. The van der Waals surface area contributed by atoms with Crippen LogP contribution in [-0.2, 0) is 17.9 Å². The topological polar surface area (TPSA) is 25.2 Å². The number of aromatic nitrogens is 1. The number of halogens is 1. The van der Waals surface area contributed by atoms with E-state index in [1.807, 2.05) is 41.4 Å². The van der Waals surface area contributed by atoms with E-state index < -0.39 is 0 Å². The molecule has 1 aromatic heterocycles. The van der Waals surface area contributed by atoms with Gasteiger partial charge in [0.2, 0.25) is 5.91 Å². The van der Waals surface area contributed by atoms with Crippen molar-refractivity contribution in [2.45, 2.75) is 39.3 Å². The van der Waals surface area contributed by atoms with Crippen molar-refractivity contribution < 1.29 is 9.18 Å². The fourth-order valence-electron chi connectivity index (χ4n) is 4.22. The third-order valence-corrected chi connectivity index (χ3v) is 5.75. The normalized spacial score (nSPS) is 17.9. The van der Waals surface area contributed by atoms with Crippen molar-refractivity contribution >= 4 is 5.91 Å². The van der Waals surface area contributed by atoms with E-state index in [1.165, 1.54) is 11.6 Å². The molecule has 1 aliphatic carbocycles. The molecular formula is C26H29FN2O. The minimum Gasteiger partial charge on any atom is -0.345 e. The Morgan fingerprint density at radius 2 is 1.90 bits per heavy atom. The molecule has 0 radical (unpaired) electrons. The third kappa shape index (κ3) is 4.81. The molecule has 0 unspecified atom stereocenters. The molecule has 0 saturated heterocycles. The van der Waals surface area contributed by atoms with Gasteiger partial charge in [0, 0.05) is 30.9 Å². The van der Waals surface area contributed by atoms with Crippen molar-refractivity contribution in [3.8, 4) is 0 Å². The summed E-state index contributed by atoms with van der Waals surface area (Å²) >= 11 is 0. The second-order valence-electron chi connectivity index (χ2n) is 8.73. The lowest BCUT2D eigenvalue weighted by Crippen LogP contribution is -2.35. The summed E-state index contributed by atoms with van der Waals surface area (Å²) in [5, 5.41) is 0. The predicted octanol–water partition coefficient (Wildman–Crippen LogP) is 5.46. The Labute approximate surface area is 178 Å². The van der Waals surface area contributed by atoms with Crippen LogP contribution in [0.2, 0.25) is 0 Å². The smallest absolute Gasteiger partial charge is 0.226 e. The van der Waals surface area contributed by atoms with E-state index in [-0.39, 0.29) is 17.6 Å². The summed E-state index contributed by atoms with van der Waals surface area (Å²) in [6, 6.07) is 21.1. The fourth-order valence-corrected chi connectivity index (χ4v) is 4.22. The first-order chi connectivity index (χ1) is 14.5. The van der Waals surface area contributed by atoms with Crippen LogP contribution in [0.25, 0.3) is 0 Å². The van der Waals surface area contributed by atoms with E-state index in [9.17, 15) is 9.18 Å². The van der Waals surface area contributed by atoms with E-state index in [0.29, 0.717) is 24.9 Å². The van der Waals surface area contributed by atoms with Gasteiger partial charge in [-0.3, -0.25) is 4.79 Å². The quantitative estimate of drug-likeness (QED) is 0.489. The summed E-state index contributed by atoms with van der Waals surface area (Å²) in [6.45, 7) is 6.21. The second-order valence-corrected chi connectivity index (χ2v) is 8.73. The Balaban J connectivity index is 1.48. The monoisotopic (exact) mass is 404 g/mol. The number of hydrogen-bond donors (Lipinski definition) is 0. The average molecular weight is 405 g/mol. The molecule has 1 fully saturated rings. The first-order valence-corrected chi connectivity index (χ1v) is 10.7. The van der Waals surface area contributed by atoms with Crippen LogP contribution in [0, 0.1) is 17.7 Å². The molecule has 0 bridgehead atoms. The van der Waals surface area contributed by atoms with Crippen LogP contribution >= 0.6 is 0 Å². The lowest BCUT2D eigenvalue weighted by atomic mass is 10.1. The van der Waals surface area contributed by atoms with Crippen molar-refractivity contribution in [1.29, 1.82) is 0 Å². The Kier molecular flexibility index (Phi) is 6.03. The van der Waals surface area contributed by atoms with Gasteiger partial charge in [0.25, 0.3) is 0 Å². The Morgan fingerprint density at radius 1 is 1.10 bits per heavy atom. The van der Waals surface area contributed by atoms with Crippen molar-refractivity contribution in [3.05, 3.63) is 95.6 Å². The highest BCUT2D eigenvalue weighted by Gasteiger charge is 2.45. The minimum absolute atomic E-state index is 0.0813. The van der Waals surface area contributed by atoms with Gasteiger partial charge in [-0.15, -0.1) is 0 Å². The van der Waals surface area contributed by atoms with Gasteiger partial charge in [0.1, 0.15) is 5.82 Å². The molecule has 1 amide bonds. The van der Waals surface area contributed by atoms with Crippen LogP contribution in [0.5, 0.6) is 0 Å². The number of benzene rings is 2. The molecule has 4 rings (SSSR count). The van der Waals surface area contributed by atoms with Gasteiger partial charge in [-0.1, -0.05) is 56.3 Å². The van der Waals surface area contributed by atoms with Crippen LogP contribution in [0.3, 0.4) is 0 Å². The van der Waals surface area contributed by atoms with Crippen molar-refractivity contribution in [2.75, 3.05) is 6.54 Å². The molecular weight excluding hydrogens is 375 g/mol. The molecule has 1 aliphatic rings.